The molecule has 0 bridgehead atoms. The fourth-order valence-corrected chi connectivity index (χ4v) is 0.993. The lowest BCUT2D eigenvalue weighted by Gasteiger charge is -1.89. The first-order chi connectivity index (χ1) is 5.86. The molecule has 0 saturated heterocycles. The van der Waals surface area contributed by atoms with Crippen molar-refractivity contribution < 1.29 is 0 Å². The zero-order valence-corrected chi connectivity index (χ0v) is 8.50. The average molecular weight is 267 g/mol. The second-order valence-corrected chi connectivity index (χ2v) is 2.89. The topological polar surface area (TPSA) is 23.8 Å². The second kappa shape index (κ2) is 4.79. The van der Waals surface area contributed by atoms with Gasteiger partial charge in [-0.15, -0.1) is 0 Å². The monoisotopic (exact) mass is 267 g/mol. The maximum absolute atomic E-state index is 8.59. The van der Waals surface area contributed by atoms with Gasteiger partial charge >= 0.3 is 0 Å². The first-order valence-electron chi connectivity index (χ1n) is 3.42. The van der Waals surface area contributed by atoms with E-state index < -0.39 is 0 Å². The molecule has 0 unspecified atom stereocenters. The summed E-state index contributed by atoms with van der Waals surface area (Å²) < 4.78 is 0.814. The molecule has 0 aliphatic heterocycles. The number of halogens is 1. The number of nitrogens with zero attached hydrogens (tertiary/aromatic N) is 1. The highest BCUT2D eigenvalue weighted by atomic mass is 127. The second-order valence-electron chi connectivity index (χ2n) is 2.13. The molecule has 58 valence electrons. The first-order valence-corrected chi connectivity index (χ1v) is 4.94. The minimum Gasteiger partial charge on any atom is -0.192 e. The molecule has 0 spiro atoms. The summed E-state index contributed by atoms with van der Waals surface area (Å²) in [6, 6.07) is 9.38. The van der Waals surface area contributed by atoms with E-state index in [9.17, 15) is 0 Å². The van der Waals surface area contributed by atoms with Gasteiger partial charge in [-0.3, -0.25) is 0 Å². The summed E-state index contributed by atoms with van der Waals surface area (Å²) >= 11 is 2.19. The molecule has 0 saturated carbocycles. The van der Waals surface area contributed by atoms with Gasteiger partial charge in [0.1, 0.15) is 0 Å². The Morgan fingerprint density at radius 3 is 2.75 bits per heavy atom. The third-order valence-corrected chi connectivity index (χ3v) is 1.67. The van der Waals surface area contributed by atoms with Crippen LogP contribution in [0.25, 0.3) is 0 Å². The normalized spacial score (nSPS) is 8.00. The maximum Gasteiger partial charge on any atom is 0.0992 e. The van der Waals surface area contributed by atoms with Crippen LogP contribution in [0.3, 0.4) is 0 Å². The minimum absolute atomic E-state index is 0.662. The summed E-state index contributed by atoms with van der Waals surface area (Å²) in [7, 11) is 0. The number of nitriles is 1. The van der Waals surface area contributed by atoms with Gasteiger partial charge in [-0.05, 0) is 18.2 Å². The summed E-state index contributed by atoms with van der Waals surface area (Å²) in [6.07, 6.45) is 0. The van der Waals surface area contributed by atoms with Crippen molar-refractivity contribution >= 4 is 22.6 Å². The van der Waals surface area contributed by atoms with Crippen molar-refractivity contribution in [2.45, 2.75) is 0 Å². The summed E-state index contributed by atoms with van der Waals surface area (Å²) in [5.74, 6) is 5.90. The third-order valence-electron chi connectivity index (χ3n) is 1.29. The van der Waals surface area contributed by atoms with E-state index in [4.69, 9.17) is 5.26 Å². The average Bonchev–Trinajstić information content (AvgIpc) is 2.15. The highest BCUT2D eigenvalue weighted by molar-refractivity contribution is 14.1. The Morgan fingerprint density at radius 1 is 1.33 bits per heavy atom. The molecule has 0 N–H and O–H groups in total. The molecule has 1 nitrogen and oxygen atoms in total. The Hall–Kier alpha value is -1.00. The zero-order valence-electron chi connectivity index (χ0n) is 6.34. The van der Waals surface area contributed by atoms with Gasteiger partial charge in [0.25, 0.3) is 0 Å². The van der Waals surface area contributed by atoms with Gasteiger partial charge < -0.3 is 0 Å². The van der Waals surface area contributed by atoms with Crippen LogP contribution in [0.15, 0.2) is 24.3 Å². The van der Waals surface area contributed by atoms with E-state index in [1.807, 2.05) is 12.1 Å². The number of hydrogen-bond donors (Lipinski definition) is 0. The largest absolute Gasteiger partial charge is 0.192 e. The van der Waals surface area contributed by atoms with E-state index in [0.717, 1.165) is 9.99 Å². The van der Waals surface area contributed by atoms with E-state index in [0.29, 0.717) is 5.56 Å². The van der Waals surface area contributed by atoms with Crippen molar-refractivity contribution in [3.05, 3.63) is 35.4 Å². The van der Waals surface area contributed by atoms with Gasteiger partial charge in [-0.1, -0.05) is 40.5 Å². The Kier molecular flexibility index (Phi) is 3.63. The van der Waals surface area contributed by atoms with Crippen LogP contribution in [0.5, 0.6) is 0 Å². The molecule has 0 fully saturated rings. The molecule has 0 heterocycles. The summed E-state index contributed by atoms with van der Waals surface area (Å²) in [6.45, 7) is 0. The van der Waals surface area contributed by atoms with Gasteiger partial charge in [-0.25, -0.2) is 0 Å². The van der Waals surface area contributed by atoms with E-state index in [2.05, 4.69) is 40.5 Å². The van der Waals surface area contributed by atoms with Crippen molar-refractivity contribution in [2.75, 3.05) is 4.43 Å². The number of hydrogen-bond acceptors (Lipinski definition) is 1. The van der Waals surface area contributed by atoms with Crippen molar-refractivity contribution in [3.63, 3.8) is 0 Å². The lowest BCUT2D eigenvalue weighted by molar-refractivity contribution is 1.48. The predicted octanol–water partition coefficient (Wildman–Crippen LogP) is 2.34. The zero-order chi connectivity index (χ0) is 8.81. The van der Waals surface area contributed by atoms with Gasteiger partial charge in [0.2, 0.25) is 0 Å². The first kappa shape index (κ1) is 9.09. The van der Waals surface area contributed by atoms with Crippen LogP contribution in [-0.2, 0) is 0 Å². The molecular formula is C10H6IN. The molecule has 0 aliphatic rings. The smallest absolute Gasteiger partial charge is 0.0992 e. The molecule has 0 aromatic heterocycles. The molecule has 2 heteroatoms. The van der Waals surface area contributed by atoms with E-state index >= 15 is 0 Å². The predicted molar refractivity (Wildman–Crippen MR) is 56.9 cm³/mol. The van der Waals surface area contributed by atoms with Crippen molar-refractivity contribution in [1.29, 1.82) is 5.26 Å². The van der Waals surface area contributed by atoms with Crippen molar-refractivity contribution in [3.8, 4) is 17.9 Å². The van der Waals surface area contributed by atoms with Crippen LogP contribution < -0.4 is 0 Å². The highest BCUT2D eigenvalue weighted by Crippen LogP contribution is 2.01. The fourth-order valence-electron chi connectivity index (χ4n) is 0.802. The Bertz CT molecular complexity index is 365. The quantitative estimate of drug-likeness (QED) is 0.402. The van der Waals surface area contributed by atoms with Crippen molar-refractivity contribution in [2.24, 2.45) is 0 Å². The van der Waals surface area contributed by atoms with Gasteiger partial charge in [0.05, 0.1) is 16.1 Å². The molecule has 0 amide bonds. The highest BCUT2D eigenvalue weighted by Gasteiger charge is 1.89. The van der Waals surface area contributed by atoms with Crippen LogP contribution in [-0.4, -0.2) is 4.43 Å². The summed E-state index contributed by atoms with van der Waals surface area (Å²) in [5, 5.41) is 8.59. The fraction of sp³-hybridized carbons (Fsp3) is 0.100. The molecule has 0 aliphatic carbocycles. The van der Waals surface area contributed by atoms with Gasteiger partial charge in [0, 0.05) is 5.56 Å². The van der Waals surface area contributed by atoms with Gasteiger partial charge in [-0.2, -0.15) is 5.26 Å². The van der Waals surface area contributed by atoms with E-state index in [-0.39, 0.29) is 0 Å². The Morgan fingerprint density at radius 2 is 2.08 bits per heavy atom. The van der Waals surface area contributed by atoms with Crippen molar-refractivity contribution in [1.82, 2.24) is 0 Å². The molecule has 0 atom stereocenters. The molecule has 12 heavy (non-hydrogen) atoms. The Labute approximate surface area is 85.5 Å². The third kappa shape index (κ3) is 2.56. The van der Waals surface area contributed by atoms with E-state index in [1.165, 1.54) is 0 Å². The molecular weight excluding hydrogens is 261 g/mol. The summed E-state index contributed by atoms with van der Waals surface area (Å²) in [5.41, 5.74) is 1.57. The number of alkyl halides is 1. The minimum atomic E-state index is 0.662. The van der Waals surface area contributed by atoms with Gasteiger partial charge in [0.15, 0.2) is 0 Å². The van der Waals surface area contributed by atoms with E-state index in [1.54, 1.807) is 12.1 Å². The molecule has 0 radical (unpaired) electrons. The standard InChI is InChI=1S/C10H6IN/c11-6-2-5-9-3-1-4-10(7-9)8-12/h1,3-4,7H,6H2. The molecule has 1 aromatic rings. The maximum atomic E-state index is 8.59. The van der Waals surface area contributed by atoms with Crippen LogP contribution in [0.2, 0.25) is 0 Å². The lowest BCUT2D eigenvalue weighted by atomic mass is 10.1. The lowest BCUT2D eigenvalue weighted by Crippen LogP contribution is -1.77. The molecule has 1 rings (SSSR count). The Balaban J connectivity index is 2.96. The van der Waals surface area contributed by atoms with Crippen LogP contribution >= 0.6 is 22.6 Å². The molecule has 1 aromatic carbocycles. The SMILES string of the molecule is N#Cc1cccc(C#CCI)c1. The van der Waals surface area contributed by atoms with Crippen LogP contribution in [0.4, 0.5) is 0 Å². The summed E-state index contributed by atoms with van der Waals surface area (Å²) in [4.78, 5) is 0. The van der Waals surface area contributed by atoms with Crippen LogP contribution in [0, 0.1) is 23.2 Å². The number of rotatable bonds is 0. The van der Waals surface area contributed by atoms with Crippen LogP contribution in [0.1, 0.15) is 11.1 Å². The number of benzene rings is 1.